The molecule has 0 fully saturated rings. The highest BCUT2D eigenvalue weighted by Crippen LogP contribution is 2.19. The molecule has 15 heavy (non-hydrogen) atoms. The largest absolute Gasteiger partial charge is 0.332 e. The molecule has 3 heteroatoms. The summed E-state index contributed by atoms with van der Waals surface area (Å²) in [6.07, 6.45) is 2.73. The van der Waals surface area contributed by atoms with Gasteiger partial charge in [-0.25, -0.2) is 0 Å². The fraction of sp³-hybridized carbons (Fsp3) is 0.583. The number of nitrogens with one attached hydrogen (secondary N) is 1. The van der Waals surface area contributed by atoms with Crippen molar-refractivity contribution in [1.82, 2.24) is 10.2 Å². The standard InChI is InChI=1S/C12H20N2O/c1-8(2)6-11-7-14(9(3)4)10(5)13-12(11)15/h7-9H,5-6H2,1-4H3,(H,13,15). The minimum Gasteiger partial charge on any atom is -0.332 e. The van der Waals surface area contributed by atoms with E-state index in [1.165, 1.54) is 0 Å². The molecule has 84 valence electrons. The molecule has 1 rings (SSSR count). The third kappa shape index (κ3) is 2.85. The molecule has 0 radical (unpaired) electrons. The number of hydrogen-bond acceptors (Lipinski definition) is 2. The third-order valence-electron chi connectivity index (χ3n) is 2.34. The minimum atomic E-state index is -0.00870. The van der Waals surface area contributed by atoms with Crippen LogP contribution in [0.25, 0.3) is 0 Å². The summed E-state index contributed by atoms with van der Waals surface area (Å²) in [5.41, 5.74) is 0.839. The summed E-state index contributed by atoms with van der Waals surface area (Å²) < 4.78 is 0. The second-order valence-electron chi connectivity index (χ2n) is 4.65. The van der Waals surface area contributed by atoms with Crippen molar-refractivity contribution in [2.45, 2.75) is 40.2 Å². The van der Waals surface area contributed by atoms with Gasteiger partial charge in [-0.15, -0.1) is 0 Å². The molecule has 0 bridgehead atoms. The lowest BCUT2D eigenvalue weighted by Crippen LogP contribution is -2.41. The number of carbonyl (C=O) groups excluding carboxylic acids is 1. The molecule has 0 saturated heterocycles. The Morgan fingerprint density at radius 1 is 1.40 bits per heavy atom. The fourth-order valence-corrected chi connectivity index (χ4v) is 1.63. The Bertz CT molecular complexity index is 303. The maximum atomic E-state index is 11.6. The Kier molecular flexibility index (Phi) is 3.56. The molecular weight excluding hydrogens is 188 g/mol. The molecule has 0 atom stereocenters. The lowest BCUT2D eigenvalue weighted by molar-refractivity contribution is -0.118. The SMILES string of the molecule is C=C1NC(=O)C(CC(C)C)=CN1C(C)C. The molecule has 1 heterocycles. The summed E-state index contributed by atoms with van der Waals surface area (Å²) in [6, 6.07) is 0.320. The van der Waals surface area contributed by atoms with Gasteiger partial charge < -0.3 is 10.2 Å². The first-order chi connectivity index (χ1) is 6.91. The van der Waals surface area contributed by atoms with Crippen molar-refractivity contribution in [2.75, 3.05) is 0 Å². The average Bonchev–Trinajstić information content (AvgIpc) is 2.08. The van der Waals surface area contributed by atoms with Gasteiger partial charge in [-0.05, 0) is 26.2 Å². The van der Waals surface area contributed by atoms with Gasteiger partial charge >= 0.3 is 0 Å². The molecule has 0 aromatic rings. The molecular formula is C12H20N2O. The quantitative estimate of drug-likeness (QED) is 0.771. The van der Waals surface area contributed by atoms with Crippen LogP contribution < -0.4 is 5.32 Å². The molecule has 0 unspecified atom stereocenters. The van der Waals surface area contributed by atoms with Crippen LogP contribution in [-0.4, -0.2) is 16.8 Å². The van der Waals surface area contributed by atoms with Gasteiger partial charge in [0, 0.05) is 17.8 Å². The summed E-state index contributed by atoms with van der Waals surface area (Å²) in [5, 5.41) is 2.79. The number of carbonyl (C=O) groups is 1. The predicted octanol–water partition coefficient (Wildman–Crippen LogP) is 2.23. The molecule has 0 aliphatic carbocycles. The molecule has 0 aromatic carbocycles. The molecule has 1 aliphatic heterocycles. The van der Waals surface area contributed by atoms with E-state index in [1.807, 2.05) is 11.1 Å². The van der Waals surface area contributed by atoms with E-state index >= 15 is 0 Å². The van der Waals surface area contributed by atoms with Crippen molar-refractivity contribution in [3.05, 3.63) is 24.2 Å². The number of nitrogens with zero attached hydrogens (tertiary/aromatic N) is 1. The summed E-state index contributed by atoms with van der Waals surface area (Å²) >= 11 is 0. The van der Waals surface area contributed by atoms with Crippen LogP contribution in [0.4, 0.5) is 0 Å². The van der Waals surface area contributed by atoms with E-state index in [9.17, 15) is 4.79 Å². The summed E-state index contributed by atoms with van der Waals surface area (Å²) in [7, 11) is 0. The van der Waals surface area contributed by atoms with E-state index in [-0.39, 0.29) is 5.91 Å². The monoisotopic (exact) mass is 208 g/mol. The van der Waals surface area contributed by atoms with E-state index in [0.717, 1.165) is 12.0 Å². The maximum Gasteiger partial charge on any atom is 0.254 e. The van der Waals surface area contributed by atoms with Gasteiger partial charge in [0.2, 0.25) is 0 Å². The zero-order chi connectivity index (χ0) is 11.6. The molecule has 3 nitrogen and oxygen atoms in total. The second-order valence-corrected chi connectivity index (χ2v) is 4.65. The smallest absolute Gasteiger partial charge is 0.254 e. The summed E-state index contributed by atoms with van der Waals surface area (Å²) in [4.78, 5) is 13.6. The Morgan fingerprint density at radius 2 is 2.00 bits per heavy atom. The molecule has 0 aromatic heterocycles. The Balaban J connectivity index is 2.88. The van der Waals surface area contributed by atoms with Crippen LogP contribution in [0.1, 0.15) is 34.1 Å². The van der Waals surface area contributed by atoms with Gasteiger partial charge in [-0.1, -0.05) is 20.4 Å². The van der Waals surface area contributed by atoms with Crippen LogP contribution in [0.3, 0.4) is 0 Å². The molecule has 1 aliphatic rings. The topological polar surface area (TPSA) is 32.3 Å². The average molecular weight is 208 g/mol. The lowest BCUT2D eigenvalue weighted by atomic mass is 10.0. The van der Waals surface area contributed by atoms with Gasteiger partial charge in [-0.3, -0.25) is 4.79 Å². The Morgan fingerprint density at radius 3 is 2.47 bits per heavy atom. The van der Waals surface area contributed by atoms with Gasteiger partial charge in [-0.2, -0.15) is 0 Å². The zero-order valence-electron chi connectivity index (χ0n) is 10.0. The van der Waals surface area contributed by atoms with Crippen LogP contribution in [0.2, 0.25) is 0 Å². The van der Waals surface area contributed by atoms with E-state index in [0.29, 0.717) is 17.8 Å². The molecule has 1 N–H and O–H groups in total. The van der Waals surface area contributed by atoms with Crippen molar-refractivity contribution in [3.8, 4) is 0 Å². The summed E-state index contributed by atoms with van der Waals surface area (Å²) in [6.45, 7) is 12.2. The first kappa shape index (κ1) is 11.8. The normalized spacial score (nSPS) is 17.2. The number of amides is 1. The highest BCUT2D eigenvalue weighted by atomic mass is 16.2. The predicted molar refractivity (Wildman–Crippen MR) is 61.8 cm³/mol. The number of rotatable bonds is 3. The van der Waals surface area contributed by atoms with Gasteiger partial charge in [0.1, 0.15) is 5.82 Å². The fourth-order valence-electron chi connectivity index (χ4n) is 1.63. The van der Waals surface area contributed by atoms with Gasteiger partial charge in [0.25, 0.3) is 5.91 Å². The van der Waals surface area contributed by atoms with E-state index < -0.39 is 0 Å². The molecule has 0 saturated carbocycles. The van der Waals surface area contributed by atoms with Crippen LogP contribution in [-0.2, 0) is 4.79 Å². The van der Waals surface area contributed by atoms with Crippen molar-refractivity contribution in [2.24, 2.45) is 5.92 Å². The molecule has 1 amide bonds. The third-order valence-corrected chi connectivity index (χ3v) is 2.34. The van der Waals surface area contributed by atoms with E-state index in [4.69, 9.17) is 0 Å². The van der Waals surface area contributed by atoms with Crippen LogP contribution >= 0.6 is 0 Å². The van der Waals surface area contributed by atoms with Crippen LogP contribution in [0.15, 0.2) is 24.2 Å². The first-order valence-electron chi connectivity index (χ1n) is 5.41. The Labute approximate surface area is 91.8 Å². The highest BCUT2D eigenvalue weighted by molar-refractivity contribution is 5.95. The number of hydrogen-bond donors (Lipinski definition) is 1. The summed E-state index contributed by atoms with van der Waals surface area (Å²) in [5.74, 6) is 1.15. The second kappa shape index (κ2) is 4.51. The Hall–Kier alpha value is -1.25. The van der Waals surface area contributed by atoms with Crippen LogP contribution in [0.5, 0.6) is 0 Å². The lowest BCUT2D eigenvalue weighted by Gasteiger charge is -2.32. The minimum absolute atomic E-state index is 0.00870. The molecule has 0 spiro atoms. The van der Waals surface area contributed by atoms with E-state index in [2.05, 4.69) is 39.6 Å². The first-order valence-corrected chi connectivity index (χ1v) is 5.41. The maximum absolute atomic E-state index is 11.6. The van der Waals surface area contributed by atoms with Gasteiger partial charge in [0.15, 0.2) is 0 Å². The van der Waals surface area contributed by atoms with Crippen molar-refractivity contribution < 1.29 is 4.79 Å². The van der Waals surface area contributed by atoms with Gasteiger partial charge in [0.05, 0.1) is 0 Å². The van der Waals surface area contributed by atoms with E-state index in [1.54, 1.807) is 0 Å². The zero-order valence-corrected chi connectivity index (χ0v) is 10.0. The van der Waals surface area contributed by atoms with Crippen molar-refractivity contribution in [3.63, 3.8) is 0 Å². The van der Waals surface area contributed by atoms with Crippen molar-refractivity contribution >= 4 is 5.91 Å². The highest BCUT2D eigenvalue weighted by Gasteiger charge is 2.22. The van der Waals surface area contributed by atoms with Crippen molar-refractivity contribution in [1.29, 1.82) is 0 Å². The van der Waals surface area contributed by atoms with Crippen LogP contribution in [0, 0.1) is 5.92 Å².